The molecule has 8 heteroatoms. The Hall–Kier alpha value is -3.39. The predicted molar refractivity (Wildman–Crippen MR) is 127 cm³/mol. The van der Waals surface area contributed by atoms with Crippen molar-refractivity contribution in [2.45, 2.75) is 38.3 Å². The summed E-state index contributed by atoms with van der Waals surface area (Å²) in [5, 5.41) is 8.84. The maximum absolute atomic E-state index is 12.7. The molecule has 0 radical (unpaired) electrons. The van der Waals surface area contributed by atoms with Gasteiger partial charge in [0.2, 0.25) is 17.7 Å². The number of para-hydroxylation sites is 1. The van der Waals surface area contributed by atoms with E-state index in [1.807, 2.05) is 54.6 Å². The van der Waals surface area contributed by atoms with Crippen molar-refractivity contribution in [2.75, 3.05) is 32.1 Å². The van der Waals surface area contributed by atoms with Crippen LogP contribution < -0.4 is 20.7 Å². The fourth-order valence-electron chi connectivity index (χ4n) is 3.97. The lowest BCUT2D eigenvalue weighted by Gasteiger charge is -2.32. The minimum absolute atomic E-state index is 0.0404. The lowest BCUT2D eigenvalue weighted by atomic mass is 10.0. The van der Waals surface area contributed by atoms with Gasteiger partial charge in [0.25, 0.3) is 0 Å². The molecule has 176 valence electrons. The molecule has 8 nitrogen and oxygen atoms in total. The first-order valence-electron chi connectivity index (χ1n) is 11.2. The molecule has 0 saturated carbocycles. The fourth-order valence-corrected chi connectivity index (χ4v) is 3.97. The molecule has 33 heavy (non-hydrogen) atoms. The second kappa shape index (κ2) is 12.0. The number of likely N-dealkylation sites (tertiary alicyclic amines) is 1. The number of methoxy groups -OCH3 is 1. The van der Waals surface area contributed by atoms with Crippen LogP contribution in [-0.2, 0) is 14.4 Å². The Morgan fingerprint density at radius 3 is 2.27 bits per heavy atom. The number of hydrogen-bond donors (Lipinski definition) is 3. The fraction of sp³-hybridized carbons (Fsp3) is 0.400. The summed E-state index contributed by atoms with van der Waals surface area (Å²) in [6, 6.07) is 16.4. The molecule has 1 fully saturated rings. The lowest BCUT2D eigenvalue weighted by Crippen LogP contribution is -2.47. The Labute approximate surface area is 194 Å². The van der Waals surface area contributed by atoms with Crippen molar-refractivity contribution in [3.05, 3.63) is 60.2 Å². The Kier molecular flexibility index (Phi) is 8.83. The highest BCUT2D eigenvalue weighted by atomic mass is 16.5. The molecule has 0 aliphatic carbocycles. The van der Waals surface area contributed by atoms with Gasteiger partial charge in [0.1, 0.15) is 5.75 Å². The number of piperidine rings is 1. The lowest BCUT2D eigenvalue weighted by molar-refractivity contribution is -0.124. The molecule has 1 aliphatic heterocycles. The molecule has 3 rings (SSSR count). The second-order valence-electron chi connectivity index (χ2n) is 8.26. The first kappa shape index (κ1) is 24.3. The molecule has 0 unspecified atom stereocenters. The number of nitrogens with one attached hydrogen (secondary N) is 3. The number of anilines is 1. The highest BCUT2D eigenvalue weighted by Gasteiger charge is 2.24. The minimum atomic E-state index is -0.407. The highest BCUT2D eigenvalue weighted by molar-refractivity contribution is 5.92. The number of rotatable bonds is 9. The Bertz CT molecular complexity index is 925. The van der Waals surface area contributed by atoms with Crippen LogP contribution in [0.1, 0.15) is 37.8 Å². The van der Waals surface area contributed by atoms with E-state index >= 15 is 0 Å². The molecular weight excluding hydrogens is 420 g/mol. The summed E-state index contributed by atoms with van der Waals surface area (Å²) in [5.41, 5.74) is 1.63. The van der Waals surface area contributed by atoms with Crippen molar-refractivity contribution in [2.24, 2.45) is 0 Å². The topological polar surface area (TPSA) is 99.8 Å². The summed E-state index contributed by atoms with van der Waals surface area (Å²) < 4.78 is 5.18. The standard InChI is InChI=1S/C25H32N4O4/c1-18(30)26-23(19-8-10-22(33-2)11-9-19)16-24(31)27-21-12-14-29(15-13-21)17-25(32)28-20-6-4-3-5-7-20/h3-11,21,23H,12-17H2,1-2H3,(H,26,30)(H,27,31)(H,28,32)/t23-/m0/s1. The van der Waals surface area contributed by atoms with Crippen LogP contribution >= 0.6 is 0 Å². The molecule has 2 aromatic carbocycles. The molecule has 1 saturated heterocycles. The van der Waals surface area contributed by atoms with E-state index in [-0.39, 0.29) is 30.2 Å². The van der Waals surface area contributed by atoms with Crippen molar-refractivity contribution in [3.63, 3.8) is 0 Å². The molecule has 3 N–H and O–H groups in total. The van der Waals surface area contributed by atoms with Crippen molar-refractivity contribution < 1.29 is 19.1 Å². The van der Waals surface area contributed by atoms with Gasteiger partial charge in [-0.3, -0.25) is 19.3 Å². The normalized spacial score (nSPS) is 15.3. The molecule has 0 spiro atoms. The zero-order chi connectivity index (χ0) is 23.6. The highest BCUT2D eigenvalue weighted by Crippen LogP contribution is 2.21. The van der Waals surface area contributed by atoms with Gasteiger partial charge in [-0.25, -0.2) is 0 Å². The molecule has 1 heterocycles. The largest absolute Gasteiger partial charge is 0.497 e. The van der Waals surface area contributed by atoms with E-state index in [0.29, 0.717) is 12.3 Å². The van der Waals surface area contributed by atoms with Crippen LogP contribution in [0.4, 0.5) is 5.69 Å². The van der Waals surface area contributed by atoms with Gasteiger partial charge in [0.15, 0.2) is 0 Å². The number of benzene rings is 2. The van der Waals surface area contributed by atoms with E-state index in [1.165, 1.54) is 6.92 Å². The van der Waals surface area contributed by atoms with Crippen LogP contribution in [0.25, 0.3) is 0 Å². The number of carbonyl (C=O) groups excluding carboxylic acids is 3. The van der Waals surface area contributed by atoms with E-state index in [2.05, 4.69) is 20.9 Å². The molecule has 0 bridgehead atoms. The summed E-state index contributed by atoms with van der Waals surface area (Å²) in [6.45, 7) is 3.25. The van der Waals surface area contributed by atoms with Gasteiger partial charge in [0.05, 0.1) is 26.1 Å². The van der Waals surface area contributed by atoms with E-state index in [0.717, 1.165) is 37.2 Å². The smallest absolute Gasteiger partial charge is 0.238 e. The SMILES string of the molecule is COc1ccc([C@H](CC(=O)NC2CCN(CC(=O)Nc3ccccc3)CC2)NC(C)=O)cc1. The monoisotopic (exact) mass is 452 g/mol. The van der Waals surface area contributed by atoms with Gasteiger partial charge in [-0.05, 0) is 42.7 Å². The molecule has 2 aromatic rings. The summed E-state index contributed by atoms with van der Waals surface area (Å²) in [5.74, 6) is 0.380. The van der Waals surface area contributed by atoms with Gasteiger partial charge in [-0.2, -0.15) is 0 Å². The van der Waals surface area contributed by atoms with Gasteiger partial charge in [-0.1, -0.05) is 30.3 Å². The van der Waals surface area contributed by atoms with Crippen LogP contribution in [0.2, 0.25) is 0 Å². The van der Waals surface area contributed by atoms with E-state index in [9.17, 15) is 14.4 Å². The molecule has 0 aromatic heterocycles. The van der Waals surface area contributed by atoms with Crippen molar-refractivity contribution in [3.8, 4) is 5.75 Å². The Balaban J connectivity index is 1.45. The van der Waals surface area contributed by atoms with E-state index in [1.54, 1.807) is 7.11 Å². The molecule has 1 atom stereocenters. The van der Waals surface area contributed by atoms with E-state index < -0.39 is 6.04 Å². The molecule has 1 aliphatic rings. The third-order valence-corrected chi connectivity index (χ3v) is 5.66. The third kappa shape index (κ3) is 7.91. The second-order valence-corrected chi connectivity index (χ2v) is 8.26. The number of hydrogen-bond acceptors (Lipinski definition) is 5. The molecular formula is C25H32N4O4. The van der Waals surface area contributed by atoms with Crippen molar-refractivity contribution in [1.29, 1.82) is 0 Å². The van der Waals surface area contributed by atoms with Crippen molar-refractivity contribution >= 4 is 23.4 Å². The molecule has 3 amide bonds. The van der Waals surface area contributed by atoms with Gasteiger partial charge < -0.3 is 20.7 Å². The average Bonchev–Trinajstić information content (AvgIpc) is 2.80. The van der Waals surface area contributed by atoms with Gasteiger partial charge in [-0.15, -0.1) is 0 Å². The maximum Gasteiger partial charge on any atom is 0.238 e. The van der Waals surface area contributed by atoms with Gasteiger partial charge in [0, 0.05) is 31.7 Å². The zero-order valence-corrected chi connectivity index (χ0v) is 19.2. The average molecular weight is 453 g/mol. The van der Waals surface area contributed by atoms with Crippen LogP contribution in [-0.4, -0.2) is 55.4 Å². The summed E-state index contributed by atoms with van der Waals surface area (Å²) in [7, 11) is 1.59. The summed E-state index contributed by atoms with van der Waals surface area (Å²) >= 11 is 0. The Morgan fingerprint density at radius 1 is 1.00 bits per heavy atom. The predicted octanol–water partition coefficient (Wildman–Crippen LogP) is 2.48. The number of nitrogens with zero attached hydrogens (tertiary/aromatic N) is 1. The summed E-state index contributed by atoms with van der Waals surface area (Å²) in [4.78, 5) is 38.7. The zero-order valence-electron chi connectivity index (χ0n) is 19.2. The van der Waals surface area contributed by atoms with Gasteiger partial charge >= 0.3 is 0 Å². The van der Waals surface area contributed by atoms with Crippen LogP contribution in [0, 0.1) is 0 Å². The Morgan fingerprint density at radius 2 is 1.67 bits per heavy atom. The number of ether oxygens (including phenoxy) is 1. The third-order valence-electron chi connectivity index (χ3n) is 5.66. The summed E-state index contributed by atoms with van der Waals surface area (Å²) in [6.07, 6.45) is 1.71. The first-order chi connectivity index (χ1) is 15.9. The first-order valence-corrected chi connectivity index (χ1v) is 11.2. The minimum Gasteiger partial charge on any atom is -0.497 e. The quantitative estimate of drug-likeness (QED) is 0.543. The van der Waals surface area contributed by atoms with Crippen LogP contribution in [0.15, 0.2) is 54.6 Å². The number of carbonyl (C=O) groups is 3. The number of amides is 3. The van der Waals surface area contributed by atoms with Crippen LogP contribution in [0.5, 0.6) is 5.75 Å². The van der Waals surface area contributed by atoms with Crippen molar-refractivity contribution in [1.82, 2.24) is 15.5 Å². The maximum atomic E-state index is 12.7. The van der Waals surface area contributed by atoms with E-state index in [4.69, 9.17) is 4.74 Å². The van der Waals surface area contributed by atoms with Crippen LogP contribution in [0.3, 0.4) is 0 Å².